The Labute approximate surface area is 189 Å². The maximum absolute atomic E-state index is 13.2. The van der Waals surface area contributed by atoms with E-state index in [1.807, 2.05) is 66.7 Å². The van der Waals surface area contributed by atoms with E-state index in [1.54, 1.807) is 6.92 Å². The van der Waals surface area contributed by atoms with Gasteiger partial charge in [-0.3, -0.25) is 4.90 Å². The fourth-order valence-electron chi connectivity index (χ4n) is 3.52. The predicted molar refractivity (Wildman–Crippen MR) is 127 cm³/mol. The van der Waals surface area contributed by atoms with Crippen LogP contribution in [0.3, 0.4) is 0 Å². The molecule has 5 nitrogen and oxygen atoms in total. The zero-order valence-electron chi connectivity index (χ0n) is 18.9. The van der Waals surface area contributed by atoms with Crippen LogP contribution in [0.15, 0.2) is 78.9 Å². The molecule has 0 saturated heterocycles. The van der Waals surface area contributed by atoms with Gasteiger partial charge in [0.2, 0.25) is 0 Å². The van der Waals surface area contributed by atoms with Crippen LogP contribution in [-0.2, 0) is 20.9 Å². The van der Waals surface area contributed by atoms with E-state index < -0.39 is 18.1 Å². The zero-order chi connectivity index (χ0) is 23.1. The third-order valence-electron chi connectivity index (χ3n) is 5.36. The molecular weight excluding hydrogens is 402 g/mol. The average Bonchev–Trinajstić information content (AvgIpc) is 2.83. The van der Waals surface area contributed by atoms with E-state index in [4.69, 9.17) is 9.47 Å². The Balaban J connectivity index is 2.01. The van der Waals surface area contributed by atoms with Crippen molar-refractivity contribution in [2.45, 2.75) is 39.3 Å². The molecular formula is C27H29NO4. The van der Waals surface area contributed by atoms with Gasteiger partial charge in [0.25, 0.3) is 0 Å². The Morgan fingerprint density at radius 1 is 0.875 bits per heavy atom. The van der Waals surface area contributed by atoms with Crippen LogP contribution < -0.4 is 4.90 Å². The van der Waals surface area contributed by atoms with Crippen molar-refractivity contribution in [1.82, 2.24) is 0 Å². The number of benzene rings is 3. The molecule has 3 rings (SSSR count). The average molecular weight is 432 g/mol. The lowest BCUT2D eigenvalue weighted by atomic mass is 9.96. The molecule has 1 amide bonds. The smallest absolute Gasteiger partial charge is 0.415 e. The number of hydrogen-bond acceptors (Lipinski definition) is 4. The third kappa shape index (κ3) is 5.35. The molecule has 0 bridgehead atoms. The first-order chi connectivity index (χ1) is 15.4. The second kappa shape index (κ2) is 10.6. The summed E-state index contributed by atoms with van der Waals surface area (Å²) >= 11 is 0. The molecule has 32 heavy (non-hydrogen) atoms. The van der Waals surface area contributed by atoms with Gasteiger partial charge in [0.1, 0.15) is 12.6 Å². The molecule has 0 heterocycles. The summed E-state index contributed by atoms with van der Waals surface area (Å²) in [5.41, 5.74) is 4.44. The Bertz CT molecular complexity index is 1060. The van der Waals surface area contributed by atoms with Crippen molar-refractivity contribution in [1.29, 1.82) is 0 Å². The van der Waals surface area contributed by atoms with Crippen LogP contribution in [-0.4, -0.2) is 25.2 Å². The number of para-hydroxylation sites is 1. The lowest BCUT2D eigenvalue weighted by Crippen LogP contribution is -2.44. The molecule has 0 N–H and O–H groups in total. The molecule has 0 unspecified atom stereocenters. The van der Waals surface area contributed by atoms with Crippen molar-refractivity contribution in [3.63, 3.8) is 0 Å². The molecule has 3 aromatic rings. The number of carbonyl (C=O) groups is 2. The third-order valence-corrected chi connectivity index (χ3v) is 5.36. The summed E-state index contributed by atoms with van der Waals surface area (Å²) < 4.78 is 10.5. The highest BCUT2D eigenvalue weighted by Crippen LogP contribution is 2.34. The van der Waals surface area contributed by atoms with Gasteiger partial charge in [0.15, 0.2) is 0 Å². The van der Waals surface area contributed by atoms with Gasteiger partial charge in [-0.1, -0.05) is 86.6 Å². The first-order valence-electron chi connectivity index (χ1n) is 10.7. The van der Waals surface area contributed by atoms with Crippen molar-refractivity contribution < 1.29 is 19.1 Å². The molecule has 0 saturated carbocycles. The first-order valence-corrected chi connectivity index (χ1v) is 10.7. The van der Waals surface area contributed by atoms with Gasteiger partial charge in [0.05, 0.1) is 12.8 Å². The number of methoxy groups -OCH3 is 1. The molecule has 0 aliphatic heterocycles. The summed E-state index contributed by atoms with van der Waals surface area (Å²) in [5.74, 6) is -0.157. The van der Waals surface area contributed by atoms with Crippen LogP contribution in [0.25, 0.3) is 11.1 Å². The molecule has 0 aromatic heterocycles. The monoisotopic (exact) mass is 431 g/mol. The Kier molecular flexibility index (Phi) is 7.66. The fraction of sp³-hybridized carbons (Fsp3) is 0.259. The molecule has 5 heteroatoms. The molecule has 0 aliphatic carbocycles. The van der Waals surface area contributed by atoms with Crippen LogP contribution in [0, 0.1) is 0 Å². The minimum atomic E-state index is -0.863. The number of esters is 1. The molecule has 166 valence electrons. The highest BCUT2D eigenvalue weighted by Gasteiger charge is 2.31. The minimum Gasteiger partial charge on any atom is -0.467 e. The van der Waals surface area contributed by atoms with Gasteiger partial charge in [-0.15, -0.1) is 0 Å². The van der Waals surface area contributed by atoms with E-state index in [0.717, 1.165) is 16.7 Å². The van der Waals surface area contributed by atoms with Gasteiger partial charge in [0, 0.05) is 5.56 Å². The van der Waals surface area contributed by atoms with Crippen LogP contribution in [0.5, 0.6) is 0 Å². The van der Waals surface area contributed by atoms with Crippen molar-refractivity contribution >= 4 is 17.7 Å². The molecule has 1 atom stereocenters. The second-order valence-electron chi connectivity index (χ2n) is 7.91. The Morgan fingerprint density at radius 2 is 1.56 bits per heavy atom. The van der Waals surface area contributed by atoms with Gasteiger partial charge in [-0.25, -0.2) is 9.59 Å². The summed E-state index contributed by atoms with van der Waals surface area (Å²) in [5, 5.41) is 0. The fourth-order valence-corrected chi connectivity index (χ4v) is 3.52. The lowest BCUT2D eigenvalue weighted by molar-refractivity contribution is -0.141. The normalized spacial score (nSPS) is 11.7. The number of carbonyl (C=O) groups excluding carboxylic acids is 2. The number of hydrogen-bond donors (Lipinski definition) is 0. The topological polar surface area (TPSA) is 55.8 Å². The quantitative estimate of drug-likeness (QED) is 0.419. The summed E-state index contributed by atoms with van der Waals surface area (Å²) in [6, 6.07) is 24.3. The first kappa shape index (κ1) is 23.1. The number of rotatable bonds is 7. The van der Waals surface area contributed by atoms with Gasteiger partial charge < -0.3 is 9.47 Å². The standard InChI is InChI=1S/C27H29NO4/c1-19(2)22-13-10-14-23(17-22)24-15-8-9-16-25(24)28(20(3)26(29)31-4)27(30)32-18-21-11-6-5-7-12-21/h5-17,19-20H,18H2,1-4H3/t20-/m0/s1. The van der Waals surface area contributed by atoms with E-state index in [2.05, 4.69) is 26.0 Å². The van der Waals surface area contributed by atoms with Crippen LogP contribution in [0.2, 0.25) is 0 Å². The highest BCUT2D eigenvalue weighted by atomic mass is 16.6. The number of anilines is 1. The van der Waals surface area contributed by atoms with Gasteiger partial charge in [-0.2, -0.15) is 0 Å². The van der Waals surface area contributed by atoms with E-state index in [-0.39, 0.29) is 6.61 Å². The molecule has 0 radical (unpaired) electrons. The Hall–Kier alpha value is -3.60. The van der Waals surface area contributed by atoms with Crippen molar-refractivity contribution in [2.24, 2.45) is 0 Å². The van der Waals surface area contributed by atoms with Crippen molar-refractivity contribution in [3.8, 4) is 11.1 Å². The van der Waals surface area contributed by atoms with Crippen molar-refractivity contribution in [3.05, 3.63) is 90.0 Å². The van der Waals surface area contributed by atoms with Gasteiger partial charge >= 0.3 is 12.1 Å². The Morgan fingerprint density at radius 3 is 2.25 bits per heavy atom. The number of ether oxygens (including phenoxy) is 2. The number of amides is 1. The molecule has 0 spiro atoms. The summed E-state index contributed by atoms with van der Waals surface area (Å²) in [6.07, 6.45) is -0.612. The number of nitrogens with zero attached hydrogens (tertiary/aromatic N) is 1. The summed E-state index contributed by atoms with van der Waals surface area (Å²) in [7, 11) is 1.31. The maximum atomic E-state index is 13.2. The molecule has 3 aromatic carbocycles. The van der Waals surface area contributed by atoms with Crippen LogP contribution >= 0.6 is 0 Å². The maximum Gasteiger partial charge on any atom is 0.415 e. The van der Waals surface area contributed by atoms with Crippen molar-refractivity contribution in [2.75, 3.05) is 12.0 Å². The SMILES string of the molecule is COC(=O)[C@H](C)N(C(=O)OCc1ccccc1)c1ccccc1-c1cccc(C(C)C)c1. The molecule has 0 aliphatic rings. The predicted octanol–water partition coefficient (Wildman–Crippen LogP) is 6.18. The summed E-state index contributed by atoms with van der Waals surface area (Å²) in [6.45, 7) is 6.02. The van der Waals surface area contributed by atoms with Crippen LogP contribution in [0.4, 0.5) is 10.5 Å². The zero-order valence-corrected chi connectivity index (χ0v) is 18.9. The minimum absolute atomic E-state index is 0.106. The van der Waals surface area contributed by atoms with E-state index in [9.17, 15) is 9.59 Å². The lowest BCUT2D eigenvalue weighted by Gasteiger charge is -2.29. The second-order valence-corrected chi connectivity index (χ2v) is 7.91. The van der Waals surface area contributed by atoms with E-state index in [0.29, 0.717) is 11.6 Å². The molecule has 0 fully saturated rings. The van der Waals surface area contributed by atoms with Gasteiger partial charge in [-0.05, 0) is 35.6 Å². The van der Waals surface area contributed by atoms with E-state index in [1.165, 1.54) is 17.6 Å². The van der Waals surface area contributed by atoms with Crippen LogP contribution in [0.1, 0.15) is 37.8 Å². The van der Waals surface area contributed by atoms with E-state index >= 15 is 0 Å². The highest BCUT2D eigenvalue weighted by molar-refractivity contribution is 5.99. The summed E-state index contributed by atoms with van der Waals surface area (Å²) in [4.78, 5) is 27.0. The largest absolute Gasteiger partial charge is 0.467 e.